The lowest BCUT2D eigenvalue weighted by molar-refractivity contribution is -0.126. The largest absolute Gasteiger partial charge is 0.370 e. The quantitative estimate of drug-likeness (QED) is 0.340. The summed E-state index contributed by atoms with van der Waals surface area (Å²) in [4.78, 5) is 25.8. The number of benzene rings is 3. The van der Waals surface area contributed by atoms with Gasteiger partial charge >= 0.3 is 0 Å². The fourth-order valence-corrected chi connectivity index (χ4v) is 6.21. The third-order valence-electron chi connectivity index (χ3n) is 7.65. The third kappa shape index (κ3) is 4.80. The van der Waals surface area contributed by atoms with E-state index in [9.17, 15) is 9.59 Å². The van der Waals surface area contributed by atoms with Gasteiger partial charge in [-0.2, -0.15) is 0 Å². The number of rotatable bonds is 6. The molecule has 192 valence electrons. The van der Waals surface area contributed by atoms with Gasteiger partial charge in [-0.25, -0.2) is 4.39 Å². The van der Waals surface area contributed by atoms with E-state index in [0.29, 0.717) is 27.6 Å². The van der Waals surface area contributed by atoms with E-state index in [4.69, 9.17) is 23.2 Å². The number of anilines is 1. The molecule has 1 fully saturated rings. The minimum Gasteiger partial charge on any atom is -0.370 e. The molecular formula is C29H28Cl2FN3O2. The fourth-order valence-electron chi connectivity index (χ4n) is 5.74. The first-order valence-electron chi connectivity index (χ1n) is 12.5. The molecule has 2 amide bonds. The third-order valence-corrected chi connectivity index (χ3v) is 8.24. The van der Waals surface area contributed by atoms with Crippen molar-refractivity contribution >= 4 is 40.7 Å². The number of nitrogens with one attached hydrogen (secondary N) is 3. The number of fused-ring (bicyclic) bond motifs is 1. The monoisotopic (exact) mass is 539 g/mol. The van der Waals surface area contributed by atoms with Crippen LogP contribution in [0, 0.1) is 11.7 Å². The Kier molecular flexibility index (Phi) is 7.15. The summed E-state index contributed by atoms with van der Waals surface area (Å²) in [5.74, 6) is -0.715. The molecular weight excluding hydrogens is 512 g/mol. The van der Waals surface area contributed by atoms with E-state index < -0.39 is 17.3 Å². The molecule has 1 atom stereocenters. The second kappa shape index (κ2) is 10.3. The molecule has 5 rings (SSSR count). The van der Waals surface area contributed by atoms with Crippen molar-refractivity contribution in [1.82, 2.24) is 10.6 Å². The molecule has 0 saturated heterocycles. The van der Waals surface area contributed by atoms with Crippen molar-refractivity contribution in [2.24, 2.45) is 5.92 Å². The summed E-state index contributed by atoms with van der Waals surface area (Å²) in [5, 5.41) is 10.1. The van der Waals surface area contributed by atoms with E-state index in [2.05, 4.69) is 16.0 Å². The van der Waals surface area contributed by atoms with Crippen LogP contribution < -0.4 is 16.0 Å². The Bertz CT molecular complexity index is 1370. The first kappa shape index (κ1) is 25.6. The summed E-state index contributed by atoms with van der Waals surface area (Å²) in [7, 11) is 1.66. The lowest BCUT2D eigenvalue weighted by Gasteiger charge is -2.34. The van der Waals surface area contributed by atoms with E-state index in [1.807, 2.05) is 18.2 Å². The van der Waals surface area contributed by atoms with Crippen molar-refractivity contribution in [3.8, 4) is 11.1 Å². The highest BCUT2D eigenvalue weighted by Gasteiger charge is 2.50. The number of carbonyl (C=O) groups is 2. The van der Waals surface area contributed by atoms with Crippen molar-refractivity contribution in [2.45, 2.75) is 44.2 Å². The summed E-state index contributed by atoms with van der Waals surface area (Å²) in [6, 6.07) is 15.2. The van der Waals surface area contributed by atoms with Crippen LogP contribution in [0.2, 0.25) is 10.0 Å². The van der Waals surface area contributed by atoms with Crippen molar-refractivity contribution in [1.29, 1.82) is 0 Å². The lowest BCUT2D eigenvalue weighted by Crippen LogP contribution is -2.55. The van der Waals surface area contributed by atoms with Crippen molar-refractivity contribution in [3.05, 3.63) is 87.2 Å². The average molecular weight is 540 g/mol. The summed E-state index contributed by atoms with van der Waals surface area (Å²) < 4.78 is 15.4. The molecule has 0 aromatic heterocycles. The van der Waals surface area contributed by atoms with Gasteiger partial charge in [-0.1, -0.05) is 60.3 Å². The van der Waals surface area contributed by atoms with Crippen LogP contribution in [0.4, 0.5) is 10.1 Å². The molecule has 0 radical (unpaired) electrons. The molecule has 1 saturated carbocycles. The highest BCUT2D eigenvalue weighted by atomic mass is 35.5. The van der Waals surface area contributed by atoms with Gasteiger partial charge in [0.05, 0.1) is 0 Å². The van der Waals surface area contributed by atoms with Gasteiger partial charge in [-0.05, 0) is 65.8 Å². The molecule has 0 bridgehead atoms. The fraction of sp³-hybridized carbons (Fsp3) is 0.310. The van der Waals surface area contributed by atoms with Crippen LogP contribution in [0.1, 0.15) is 47.2 Å². The van der Waals surface area contributed by atoms with Gasteiger partial charge < -0.3 is 16.0 Å². The van der Waals surface area contributed by atoms with Crippen LogP contribution in [0.15, 0.2) is 54.6 Å². The Morgan fingerprint density at radius 1 is 1.05 bits per heavy atom. The topological polar surface area (TPSA) is 70.2 Å². The van der Waals surface area contributed by atoms with Gasteiger partial charge in [0.25, 0.3) is 5.91 Å². The summed E-state index contributed by atoms with van der Waals surface area (Å²) in [5.41, 5.74) is 3.10. The van der Waals surface area contributed by atoms with E-state index in [0.717, 1.165) is 42.5 Å². The second-order valence-electron chi connectivity index (χ2n) is 9.78. The Morgan fingerprint density at radius 2 is 1.84 bits per heavy atom. The first-order chi connectivity index (χ1) is 17.8. The molecule has 2 aliphatic rings. The molecule has 3 aromatic carbocycles. The molecule has 1 heterocycles. The maximum atomic E-state index is 15.4. The van der Waals surface area contributed by atoms with Crippen LogP contribution in [0.5, 0.6) is 0 Å². The van der Waals surface area contributed by atoms with Crippen LogP contribution in [-0.2, 0) is 17.8 Å². The maximum Gasteiger partial charge on any atom is 0.251 e. The van der Waals surface area contributed by atoms with Gasteiger partial charge in [-0.15, -0.1) is 0 Å². The number of likely N-dealkylation sites (N-methyl/N-ethyl adjacent to an activating group) is 1. The van der Waals surface area contributed by atoms with Crippen LogP contribution in [0.3, 0.4) is 0 Å². The molecule has 1 unspecified atom stereocenters. The van der Waals surface area contributed by atoms with Gasteiger partial charge in [0.2, 0.25) is 5.91 Å². The Labute approximate surface area is 225 Å². The molecule has 3 N–H and O–H groups in total. The predicted molar refractivity (Wildman–Crippen MR) is 146 cm³/mol. The zero-order valence-corrected chi connectivity index (χ0v) is 22.0. The highest BCUT2D eigenvalue weighted by molar-refractivity contribution is 6.35. The molecule has 8 heteroatoms. The van der Waals surface area contributed by atoms with Gasteiger partial charge in [0.1, 0.15) is 11.4 Å². The molecule has 3 aromatic rings. The van der Waals surface area contributed by atoms with Crippen molar-refractivity contribution < 1.29 is 14.0 Å². The summed E-state index contributed by atoms with van der Waals surface area (Å²) in [6.45, 7) is 0.193. The summed E-state index contributed by atoms with van der Waals surface area (Å²) >= 11 is 12.1. The standard InChI is InChI=1S/C29H28Cl2FN3O2/c1-33-28(37)29(19-5-2-3-6-19)15-23-21(7-4-8-26(23)35-29)22-12-10-17(13-25(22)32)27(36)34-16-18-9-11-20(30)14-24(18)31/h4,7-14,19,35H,2-3,5-6,15-16H2,1H3,(H,33,37)(H,34,36). The zero-order valence-electron chi connectivity index (χ0n) is 20.5. The average Bonchev–Trinajstić information content (AvgIpc) is 3.56. The van der Waals surface area contributed by atoms with Gasteiger partial charge in [-0.3, -0.25) is 9.59 Å². The smallest absolute Gasteiger partial charge is 0.251 e. The lowest BCUT2D eigenvalue weighted by atomic mass is 9.78. The van der Waals surface area contributed by atoms with Crippen LogP contribution in [-0.4, -0.2) is 24.4 Å². The Morgan fingerprint density at radius 3 is 2.54 bits per heavy atom. The molecule has 1 aliphatic carbocycles. The van der Waals surface area contributed by atoms with E-state index in [1.165, 1.54) is 6.07 Å². The molecule has 0 spiro atoms. The predicted octanol–water partition coefficient (Wildman–Crippen LogP) is 6.37. The van der Waals surface area contributed by atoms with Gasteiger partial charge in [0.15, 0.2) is 0 Å². The van der Waals surface area contributed by atoms with Gasteiger partial charge in [0, 0.05) is 46.9 Å². The number of halogens is 3. The number of hydrogen-bond donors (Lipinski definition) is 3. The first-order valence-corrected chi connectivity index (χ1v) is 13.2. The minimum absolute atomic E-state index is 0.0326. The minimum atomic E-state index is -0.733. The number of amides is 2. The SMILES string of the molecule is CNC(=O)C1(C2CCCC2)Cc2c(cccc2-c2ccc(C(=O)NCc3ccc(Cl)cc3Cl)cc2F)N1. The molecule has 37 heavy (non-hydrogen) atoms. The second-order valence-corrected chi connectivity index (χ2v) is 10.6. The Hall–Kier alpha value is -3.09. The van der Waals surface area contributed by atoms with Crippen LogP contribution in [0.25, 0.3) is 11.1 Å². The molecule has 5 nitrogen and oxygen atoms in total. The maximum absolute atomic E-state index is 15.4. The van der Waals surface area contributed by atoms with Crippen molar-refractivity contribution in [3.63, 3.8) is 0 Å². The van der Waals surface area contributed by atoms with E-state index in [1.54, 1.807) is 37.4 Å². The number of carbonyl (C=O) groups excluding carboxylic acids is 2. The Balaban J connectivity index is 1.39. The molecule has 1 aliphatic heterocycles. The number of hydrogen-bond acceptors (Lipinski definition) is 3. The zero-order chi connectivity index (χ0) is 26.2. The van der Waals surface area contributed by atoms with E-state index >= 15 is 4.39 Å². The van der Waals surface area contributed by atoms with Crippen molar-refractivity contribution in [2.75, 3.05) is 12.4 Å². The van der Waals surface area contributed by atoms with E-state index in [-0.39, 0.29) is 23.9 Å². The summed E-state index contributed by atoms with van der Waals surface area (Å²) in [6.07, 6.45) is 4.69. The highest BCUT2D eigenvalue weighted by Crippen LogP contribution is 2.47. The van der Waals surface area contributed by atoms with Crippen LogP contribution >= 0.6 is 23.2 Å². The normalized spacial score (nSPS) is 18.8.